The smallest absolute Gasteiger partial charge is 0.475 e. The molecule has 0 amide bonds. The van der Waals surface area contributed by atoms with Crippen LogP contribution in [0.3, 0.4) is 0 Å². The molecule has 174 valence electrons. The Balaban J connectivity index is 0.000000360. The number of alkyl halides is 3. The summed E-state index contributed by atoms with van der Waals surface area (Å²) in [6.45, 7) is 3.98. The third kappa shape index (κ3) is 5.82. The van der Waals surface area contributed by atoms with E-state index in [1.54, 1.807) is 7.11 Å². The average molecular weight is 454 g/mol. The Kier molecular flexibility index (Phi) is 7.46. The lowest BCUT2D eigenvalue weighted by Crippen LogP contribution is -2.35. The number of aromatic nitrogens is 5. The summed E-state index contributed by atoms with van der Waals surface area (Å²) in [6, 6.07) is 6.12. The molecule has 32 heavy (non-hydrogen) atoms. The van der Waals surface area contributed by atoms with E-state index in [1.165, 1.54) is 0 Å². The number of aliphatic carboxylic acids is 1. The Hall–Kier alpha value is -2.99. The summed E-state index contributed by atoms with van der Waals surface area (Å²) in [5, 5.41) is 16.1. The van der Waals surface area contributed by atoms with Crippen molar-refractivity contribution in [3.8, 4) is 11.3 Å². The van der Waals surface area contributed by atoms with Crippen LogP contribution in [-0.4, -0.2) is 79.9 Å². The third-order valence-corrected chi connectivity index (χ3v) is 5.27. The minimum absolute atomic E-state index is 0.443. The molecule has 0 aliphatic carbocycles. The van der Waals surface area contributed by atoms with Gasteiger partial charge in [-0.05, 0) is 44.1 Å². The zero-order valence-corrected chi connectivity index (χ0v) is 17.8. The summed E-state index contributed by atoms with van der Waals surface area (Å²) < 4.78 is 40.7. The molecule has 4 heterocycles. The van der Waals surface area contributed by atoms with Gasteiger partial charge in [-0.15, -0.1) is 0 Å². The van der Waals surface area contributed by atoms with Crippen molar-refractivity contribution < 1.29 is 27.8 Å². The number of halogens is 3. The number of carboxylic acid groups (broad SMARTS) is 1. The number of rotatable bonds is 5. The first kappa shape index (κ1) is 23.7. The minimum Gasteiger partial charge on any atom is -0.475 e. The van der Waals surface area contributed by atoms with E-state index >= 15 is 0 Å². The van der Waals surface area contributed by atoms with E-state index in [2.05, 4.69) is 16.1 Å². The Bertz CT molecular complexity index is 1040. The largest absolute Gasteiger partial charge is 0.490 e. The third-order valence-electron chi connectivity index (χ3n) is 5.27. The molecule has 0 spiro atoms. The highest BCUT2D eigenvalue weighted by Gasteiger charge is 2.38. The van der Waals surface area contributed by atoms with E-state index in [4.69, 9.17) is 24.7 Å². The summed E-state index contributed by atoms with van der Waals surface area (Å²) in [6.07, 6.45) is 0.977. The molecule has 12 heteroatoms. The van der Waals surface area contributed by atoms with Crippen molar-refractivity contribution in [1.29, 1.82) is 0 Å². The zero-order chi connectivity index (χ0) is 23.3. The molecule has 9 nitrogen and oxygen atoms in total. The monoisotopic (exact) mass is 454 g/mol. The Morgan fingerprint density at radius 1 is 1.25 bits per heavy atom. The number of methoxy groups -OCH3 is 1. The van der Waals surface area contributed by atoms with Crippen molar-refractivity contribution in [2.45, 2.75) is 24.9 Å². The van der Waals surface area contributed by atoms with Crippen LogP contribution in [0.4, 0.5) is 13.2 Å². The molecule has 0 atom stereocenters. The number of likely N-dealkylation sites (tertiary alicyclic amines) is 1. The van der Waals surface area contributed by atoms with Crippen molar-refractivity contribution >= 4 is 11.6 Å². The maximum absolute atomic E-state index is 10.6. The molecule has 0 radical (unpaired) electrons. The molecule has 4 rings (SSSR count). The molecule has 3 aromatic rings. The van der Waals surface area contributed by atoms with Gasteiger partial charge in [0, 0.05) is 44.6 Å². The molecule has 0 aromatic carbocycles. The molecule has 0 unspecified atom stereocenters. The standard InChI is InChI=1S/C18H24N6O.C2HF3O2/c1-22-16(5-8-19-22)15-3-4-17-20-18(21-24(17)13-15)14-6-9-23(10-7-14)11-12-25-2;3-2(4,5)1(6)7/h3-5,8,13-14H,6-7,9-12H2,1-2H3;(H,6,7). The Morgan fingerprint density at radius 2 is 1.94 bits per heavy atom. The average Bonchev–Trinajstić information content (AvgIpc) is 3.37. The molecule has 1 aliphatic rings. The van der Waals surface area contributed by atoms with E-state index in [1.807, 2.05) is 40.8 Å². The van der Waals surface area contributed by atoms with Crippen LogP contribution in [0, 0.1) is 0 Å². The highest BCUT2D eigenvalue weighted by atomic mass is 19.4. The Morgan fingerprint density at radius 3 is 2.50 bits per heavy atom. The SMILES string of the molecule is COCCN1CCC(c2nc3ccc(-c4ccnn4C)cn3n2)CC1.O=C(O)C(F)(F)F. The van der Waals surface area contributed by atoms with Gasteiger partial charge < -0.3 is 14.7 Å². The van der Waals surface area contributed by atoms with Crippen LogP contribution >= 0.6 is 0 Å². The number of piperidine rings is 1. The van der Waals surface area contributed by atoms with Crippen molar-refractivity contribution in [1.82, 2.24) is 29.3 Å². The second kappa shape index (κ2) is 10.1. The van der Waals surface area contributed by atoms with E-state index in [-0.39, 0.29) is 0 Å². The van der Waals surface area contributed by atoms with Crippen LogP contribution in [0.5, 0.6) is 0 Å². The van der Waals surface area contributed by atoms with Crippen LogP contribution in [0.15, 0.2) is 30.6 Å². The lowest BCUT2D eigenvalue weighted by Gasteiger charge is -2.30. The normalized spacial score (nSPS) is 15.5. The number of pyridine rings is 1. The molecular weight excluding hydrogens is 429 g/mol. The molecule has 0 bridgehead atoms. The Labute approximate surface area is 182 Å². The number of hydrogen-bond acceptors (Lipinski definition) is 6. The van der Waals surface area contributed by atoms with Crippen molar-refractivity contribution in [2.75, 3.05) is 33.4 Å². The van der Waals surface area contributed by atoms with Gasteiger partial charge in [-0.3, -0.25) is 4.68 Å². The molecule has 1 saturated heterocycles. The maximum Gasteiger partial charge on any atom is 0.490 e. The molecule has 3 aromatic heterocycles. The highest BCUT2D eigenvalue weighted by Crippen LogP contribution is 2.26. The van der Waals surface area contributed by atoms with Gasteiger partial charge in [0.2, 0.25) is 0 Å². The fourth-order valence-electron chi connectivity index (χ4n) is 3.52. The summed E-state index contributed by atoms with van der Waals surface area (Å²) in [5.41, 5.74) is 3.08. The van der Waals surface area contributed by atoms with E-state index in [0.29, 0.717) is 5.92 Å². The van der Waals surface area contributed by atoms with Gasteiger partial charge in [0.05, 0.1) is 12.3 Å². The van der Waals surface area contributed by atoms with Gasteiger partial charge >= 0.3 is 12.1 Å². The number of hydrogen-bond donors (Lipinski definition) is 1. The maximum atomic E-state index is 10.6. The van der Waals surface area contributed by atoms with E-state index < -0.39 is 12.1 Å². The van der Waals surface area contributed by atoms with Gasteiger partial charge in [0.25, 0.3) is 0 Å². The van der Waals surface area contributed by atoms with Gasteiger partial charge in [0.1, 0.15) is 0 Å². The number of fused-ring (bicyclic) bond motifs is 1. The van der Waals surface area contributed by atoms with Gasteiger partial charge in [0.15, 0.2) is 11.5 Å². The lowest BCUT2D eigenvalue weighted by atomic mass is 9.96. The molecule has 1 fully saturated rings. The number of nitrogens with zero attached hydrogens (tertiary/aromatic N) is 6. The highest BCUT2D eigenvalue weighted by molar-refractivity contribution is 5.73. The molecule has 1 aliphatic heterocycles. The number of carboxylic acids is 1. The fraction of sp³-hybridized carbons (Fsp3) is 0.500. The topological polar surface area (TPSA) is 97.8 Å². The van der Waals surface area contributed by atoms with Gasteiger partial charge in [-0.1, -0.05) is 0 Å². The van der Waals surface area contributed by atoms with E-state index in [9.17, 15) is 13.2 Å². The first-order chi connectivity index (χ1) is 15.2. The second-order valence-corrected chi connectivity index (χ2v) is 7.44. The number of ether oxygens (including phenoxy) is 1. The van der Waals surface area contributed by atoms with Crippen molar-refractivity contribution in [2.24, 2.45) is 7.05 Å². The van der Waals surface area contributed by atoms with Crippen molar-refractivity contribution in [3.05, 3.63) is 36.4 Å². The van der Waals surface area contributed by atoms with E-state index in [0.717, 1.165) is 61.8 Å². The van der Waals surface area contributed by atoms with Crippen LogP contribution < -0.4 is 0 Å². The van der Waals surface area contributed by atoms with Gasteiger partial charge in [-0.2, -0.15) is 23.4 Å². The summed E-state index contributed by atoms with van der Waals surface area (Å²) in [4.78, 5) is 16.1. The fourth-order valence-corrected chi connectivity index (χ4v) is 3.52. The lowest BCUT2D eigenvalue weighted by molar-refractivity contribution is -0.192. The van der Waals surface area contributed by atoms with Crippen LogP contribution in [0.25, 0.3) is 16.9 Å². The predicted molar refractivity (Wildman–Crippen MR) is 109 cm³/mol. The van der Waals surface area contributed by atoms with Crippen LogP contribution in [0.1, 0.15) is 24.6 Å². The van der Waals surface area contributed by atoms with Crippen molar-refractivity contribution in [3.63, 3.8) is 0 Å². The predicted octanol–water partition coefficient (Wildman–Crippen LogP) is 2.59. The zero-order valence-electron chi connectivity index (χ0n) is 17.8. The number of aryl methyl sites for hydroxylation is 1. The molecular formula is C20H25F3N6O3. The molecule has 0 saturated carbocycles. The second-order valence-electron chi connectivity index (χ2n) is 7.44. The summed E-state index contributed by atoms with van der Waals surface area (Å²) in [5.74, 6) is -1.35. The summed E-state index contributed by atoms with van der Waals surface area (Å²) in [7, 11) is 3.71. The van der Waals surface area contributed by atoms with Crippen LogP contribution in [0.2, 0.25) is 0 Å². The van der Waals surface area contributed by atoms with Crippen LogP contribution in [-0.2, 0) is 16.6 Å². The minimum atomic E-state index is -5.08. The number of carbonyl (C=O) groups is 1. The summed E-state index contributed by atoms with van der Waals surface area (Å²) >= 11 is 0. The first-order valence-corrected chi connectivity index (χ1v) is 10.0. The first-order valence-electron chi connectivity index (χ1n) is 10.0. The van der Waals surface area contributed by atoms with Gasteiger partial charge in [-0.25, -0.2) is 14.3 Å². The molecule has 1 N–H and O–H groups in total. The quantitative estimate of drug-likeness (QED) is 0.633.